The standard InChI is InChI=1S/C13H29N3/c1-4-6-13(14)7-8-15-9-10-16(5-2)12(3)11-15/h12-13H,4-11,14H2,1-3H3. The zero-order valence-electron chi connectivity index (χ0n) is 11.3. The molecule has 0 radical (unpaired) electrons. The Morgan fingerprint density at radius 2 is 2.00 bits per heavy atom. The van der Waals surface area contributed by atoms with E-state index in [-0.39, 0.29) is 0 Å². The first-order valence-corrected chi connectivity index (χ1v) is 6.89. The lowest BCUT2D eigenvalue weighted by Crippen LogP contribution is -2.52. The average Bonchev–Trinajstić information content (AvgIpc) is 2.27. The lowest BCUT2D eigenvalue weighted by atomic mass is 10.1. The van der Waals surface area contributed by atoms with Gasteiger partial charge in [0.05, 0.1) is 0 Å². The third kappa shape index (κ3) is 4.40. The van der Waals surface area contributed by atoms with Crippen molar-refractivity contribution in [2.45, 2.75) is 52.1 Å². The highest BCUT2D eigenvalue weighted by molar-refractivity contribution is 4.79. The van der Waals surface area contributed by atoms with Gasteiger partial charge in [-0.05, 0) is 32.9 Å². The molecule has 16 heavy (non-hydrogen) atoms. The van der Waals surface area contributed by atoms with Crippen LogP contribution in [-0.4, -0.2) is 54.6 Å². The van der Waals surface area contributed by atoms with E-state index < -0.39 is 0 Å². The van der Waals surface area contributed by atoms with Crippen molar-refractivity contribution in [1.29, 1.82) is 0 Å². The van der Waals surface area contributed by atoms with Crippen LogP contribution in [0.2, 0.25) is 0 Å². The van der Waals surface area contributed by atoms with Crippen LogP contribution < -0.4 is 5.73 Å². The molecule has 1 saturated heterocycles. The van der Waals surface area contributed by atoms with Crippen molar-refractivity contribution in [3.05, 3.63) is 0 Å². The Morgan fingerprint density at radius 3 is 2.56 bits per heavy atom. The molecule has 0 bridgehead atoms. The fourth-order valence-electron chi connectivity index (χ4n) is 2.61. The molecule has 2 N–H and O–H groups in total. The molecule has 0 aliphatic carbocycles. The van der Waals surface area contributed by atoms with Gasteiger partial charge in [0.25, 0.3) is 0 Å². The number of nitrogens with zero attached hydrogens (tertiary/aromatic N) is 2. The van der Waals surface area contributed by atoms with Crippen molar-refractivity contribution in [3.8, 4) is 0 Å². The molecule has 0 aromatic carbocycles. The minimum Gasteiger partial charge on any atom is -0.328 e. The van der Waals surface area contributed by atoms with E-state index in [1.165, 1.54) is 45.6 Å². The van der Waals surface area contributed by atoms with Crippen LogP contribution in [0.4, 0.5) is 0 Å². The normalized spacial score (nSPS) is 25.9. The molecule has 0 amide bonds. The fraction of sp³-hybridized carbons (Fsp3) is 1.00. The van der Waals surface area contributed by atoms with E-state index in [0.717, 1.165) is 6.42 Å². The Morgan fingerprint density at radius 1 is 1.25 bits per heavy atom. The molecule has 96 valence electrons. The predicted octanol–water partition coefficient (Wildman–Crippen LogP) is 1.53. The van der Waals surface area contributed by atoms with E-state index in [1.54, 1.807) is 0 Å². The van der Waals surface area contributed by atoms with Gasteiger partial charge < -0.3 is 10.6 Å². The first-order chi connectivity index (χ1) is 7.67. The van der Waals surface area contributed by atoms with E-state index in [2.05, 4.69) is 30.6 Å². The van der Waals surface area contributed by atoms with Crippen LogP contribution in [0.15, 0.2) is 0 Å². The van der Waals surface area contributed by atoms with Crippen molar-refractivity contribution < 1.29 is 0 Å². The molecule has 0 aromatic rings. The van der Waals surface area contributed by atoms with Crippen molar-refractivity contribution in [3.63, 3.8) is 0 Å². The molecule has 0 aromatic heterocycles. The van der Waals surface area contributed by atoms with Crippen LogP contribution in [0.3, 0.4) is 0 Å². The quantitative estimate of drug-likeness (QED) is 0.747. The third-order valence-electron chi connectivity index (χ3n) is 3.73. The maximum atomic E-state index is 6.05. The van der Waals surface area contributed by atoms with Gasteiger partial charge in [0.1, 0.15) is 0 Å². The number of hydrogen-bond acceptors (Lipinski definition) is 3. The molecule has 3 nitrogen and oxygen atoms in total. The van der Waals surface area contributed by atoms with E-state index in [1.807, 2.05) is 0 Å². The van der Waals surface area contributed by atoms with Crippen LogP contribution in [0.25, 0.3) is 0 Å². The van der Waals surface area contributed by atoms with Gasteiger partial charge in [-0.3, -0.25) is 4.90 Å². The Hall–Kier alpha value is -0.120. The zero-order chi connectivity index (χ0) is 12.0. The number of rotatable bonds is 6. The van der Waals surface area contributed by atoms with Crippen molar-refractivity contribution in [2.24, 2.45) is 5.73 Å². The smallest absolute Gasteiger partial charge is 0.0195 e. The minimum atomic E-state index is 0.407. The SMILES string of the molecule is CCCC(N)CCN1CCN(CC)C(C)C1. The highest BCUT2D eigenvalue weighted by Gasteiger charge is 2.21. The highest BCUT2D eigenvalue weighted by Crippen LogP contribution is 2.10. The van der Waals surface area contributed by atoms with Crippen LogP contribution in [0, 0.1) is 0 Å². The minimum absolute atomic E-state index is 0.407. The van der Waals surface area contributed by atoms with Crippen molar-refractivity contribution in [2.75, 3.05) is 32.7 Å². The van der Waals surface area contributed by atoms with E-state index >= 15 is 0 Å². The molecule has 0 spiro atoms. The van der Waals surface area contributed by atoms with Gasteiger partial charge in [-0.15, -0.1) is 0 Å². The van der Waals surface area contributed by atoms with Crippen molar-refractivity contribution in [1.82, 2.24) is 9.80 Å². The van der Waals surface area contributed by atoms with Gasteiger partial charge in [-0.2, -0.15) is 0 Å². The summed E-state index contributed by atoms with van der Waals surface area (Å²) >= 11 is 0. The molecule has 1 aliphatic rings. The molecular formula is C13H29N3. The molecule has 1 heterocycles. The predicted molar refractivity (Wildman–Crippen MR) is 70.6 cm³/mol. The molecule has 2 unspecified atom stereocenters. The number of piperazine rings is 1. The monoisotopic (exact) mass is 227 g/mol. The van der Waals surface area contributed by atoms with Gasteiger partial charge in [0.15, 0.2) is 0 Å². The van der Waals surface area contributed by atoms with Crippen LogP contribution in [0.1, 0.15) is 40.0 Å². The second-order valence-corrected chi connectivity index (χ2v) is 5.12. The lowest BCUT2D eigenvalue weighted by Gasteiger charge is -2.39. The maximum absolute atomic E-state index is 6.05. The van der Waals surface area contributed by atoms with Crippen LogP contribution >= 0.6 is 0 Å². The third-order valence-corrected chi connectivity index (χ3v) is 3.73. The zero-order valence-corrected chi connectivity index (χ0v) is 11.3. The first-order valence-electron chi connectivity index (χ1n) is 6.89. The van der Waals surface area contributed by atoms with Gasteiger partial charge in [-0.1, -0.05) is 20.3 Å². The highest BCUT2D eigenvalue weighted by atomic mass is 15.3. The molecule has 0 saturated carbocycles. The summed E-state index contributed by atoms with van der Waals surface area (Å²) < 4.78 is 0. The lowest BCUT2D eigenvalue weighted by molar-refractivity contribution is 0.0859. The molecule has 2 atom stereocenters. The van der Waals surface area contributed by atoms with Gasteiger partial charge in [0.2, 0.25) is 0 Å². The van der Waals surface area contributed by atoms with Crippen molar-refractivity contribution >= 4 is 0 Å². The number of hydrogen-bond donors (Lipinski definition) is 1. The van der Waals surface area contributed by atoms with Gasteiger partial charge in [-0.25, -0.2) is 0 Å². The summed E-state index contributed by atoms with van der Waals surface area (Å²) in [5.74, 6) is 0. The second kappa shape index (κ2) is 7.25. The Kier molecular flexibility index (Phi) is 6.32. The van der Waals surface area contributed by atoms with Gasteiger partial charge in [0, 0.05) is 31.7 Å². The Labute approximate surface area is 101 Å². The first kappa shape index (κ1) is 13.9. The van der Waals surface area contributed by atoms with Gasteiger partial charge >= 0.3 is 0 Å². The summed E-state index contributed by atoms with van der Waals surface area (Å²) in [4.78, 5) is 5.13. The summed E-state index contributed by atoms with van der Waals surface area (Å²) in [6.45, 7) is 12.8. The summed E-state index contributed by atoms with van der Waals surface area (Å²) in [5, 5.41) is 0. The van der Waals surface area contributed by atoms with E-state index in [9.17, 15) is 0 Å². The largest absolute Gasteiger partial charge is 0.328 e. The molecule has 3 heteroatoms. The van der Waals surface area contributed by atoms with Crippen LogP contribution in [0.5, 0.6) is 0 Å². The summed E-state index contributed by atoms with van der Waals surface area (Å²) in [5.41, 5.74) is 6.05. The summed E-state index contributed by atoms with van der Waals surface area (Å²) in [6.07, 6.45) is 3.54. The Bertz CT molecular complexity index is 184. The second-order valence-electron chi connectivity index (χ2n) is 5.12. The molecule has 1 aliphatic heterocycles. The summed E-state index contributed by atoms with van der Waals surface area (Å²) in [6, 6.07) is 1.12. The fourth-order valence-corrected chi connectivity index (χ4v) is 2.61. The maximum Gasteiger partial charge on any atom is 0.0195 e. The average molecular weight is 227 g/mol. The molecular weight excluding hydrogens is 198 g/mol. The molecule has 1 rings (SSSR count). The number of nitrogens with two attached hydrogens (primary N) is 1. The number of likely N-dealkylation sites (N-methyl/N-ethyl adjacent to an activating group) is 1. The topological polar surface area (TPSA) is 32.5 Å². The Balaban J connectivity index is 2.19. The van der Waals surface area contributed by atoms with Crippen LogP contribution in [-0.2, 0) is 0 Å². The molecule has 1 fully saturated rings. The summed E-state index contributed by atoms with van der Waals surface area (Å²) in [7, 11) is 0. The van der Waals surface area contributed by atoms with E-state index in [0.29, 0.717) is 12.1 Å². The van der Waals surface area contributed by atoms with E-state index in [4.69, 9.17) is 5.73 Å².